The van der Waals surface area contributed by atoms with Crippen molar-refractivity contribution in [3.05, 3.63) is 0 Å². The first-order valence-electron chi connectivity index (χ1n) is 34.8. The van der Waals surface area contributed by atoms with Crippen molar-refractivity contribution in [1.82, 2.24) is 10.6 Å². The van der Waals surface area contributed by atoms with Gasteiger partial charge in [-0.25, -0.2) is 0 Å². The zero-order valence-electron chi connectivity index (χ0n) is 54.9. The third-order valence-corrected chi connectivity index (χ3v) is 18.2. The molecule has 24 unspecified atom stereocenters. The third kappa shape index (κ3) is 28.2. The second-order valence-electron chi connectivity index (χ2n) is 26.1. The van der Waals surface area contributed by atoms with Gasteiger partial charge in [0.15, 0.2) is 25.2 Å². The number of unbranched alkanes of at least 4 members (excludes halogenated alkanes) is 27. The van der Waals surface area contributed by atoms with Crippen molar-refractivity contribution in [2.45, 2.75) is 374 Å². The van der Waals surface area contributed by atoms with Crippen molar-refractivity contribution >= 4 is 11.8 Å². The standard InChI is InChI=1S/C65H122N2O24/c1-5-7-9-11-13-15-17-19-20-21-23-25-27-29-31-33-35-44(72)61(83)67-42(49(73)43(71)34-32-30-28-26-24-22-18-16-14-12-10-8-6-2)37-84-65-60(55(79)50(74)45(36-68)87-65)91-64-57(81)54(78)52(76)47(89-64)38-85-62-48(66-41(4)70)53(77)51(75)46(88-62)39-86-63-58(82)56(80)59(90-63)40(3)69/h40,42-60,62-65,68-69,71-82H,5-39H2,1-4H3,(H,66,70)(H,67,83). The lowest BCUT2D eigenvalue weighted by atomic mass is 9.96. The van der Waals surface area contributed by atoms with Gasteiger partial charge >= 0.3 is 0 Å². The van der Waals surface area contributed by atoms with Crippen molar-refractivity contribution in [2.75, 3.05) is 26.4 Å². The molecule has 16 N–H and O–H groups in total. The number of ether oxygens (including phenoxy) is 8. The molecule has 0 saturated carbocycles. The fraction of sp³-hybridized carbons (Fsp3) is 0.969. The van der Waals surface area contributed by atoms with Crippen LogP contribution in [-0.2, 0) is 47.5 Å². The number of carbonyl (C=O) groups is 2. The molecule has 4 rings (SSSR count). The van der Waals surface area contributed by atoms with E-state index in [9.17, 15) is 81.1 Å². The maximum atomic E-state index is 13.7. The molecule has 0 aromatic rings. The predicted octanol–water partition coefficient (Wildman–Crippen LogP) is 2.15. The number of nitrogens with one attached hydrogen (secondary N) is 2. The van der Waals surface area contributed by atoms with Gasteiger partial charge in [-0.2, -0.15) is 0 Å². The lowest BCUT2D eigenvalue weighted by molar-refractivity contribution is -0.371. The van der Waals surface area contributed by atoms with Crippen LogP contribution in [0, 0.1) is 0 Å². The molecule has 4 saturated heterocycles. The number of carbonyl (C=O) groups excluding carboxylic acids is 2. The van der Waals surface area contributed by atoms with Gasteiger partial charge in [-0.05, 0) is 19.8 Å². The topological polar surface area (TPSA) is 415 Å². The van der Waals surface area contributed by atoms with E-state index in [-0.39, 0.29) is 12.8 Å². The Balaban J connectivity index is 1.40. The van der Waals surface area contributed by atoms with Crippen molar-refractivity contribution in [3.8, 4) is 0 Å². The third-order valence-electron chi connectivity index (χ3n) is 18.2. The quantitative estimate of drug-likeness (QED) is 0.0388. The van der Waals surface area contributed by atoms with Gasteiger partial charge in [0.1, 0.15) is 104 Å². The number of hydrogen-bond acceptors (Lipinski definition) is 24. The summed E-state index contributed by atoms with van der Waals surface area (Å²) in [6.45, 7) is 3.98. The van der Waals surface area contributed by atoms with E-state index in [1.54, 1.807) is 0 Å². The lowest BCUT2D eigenvalue weighted by Gasteiger charge is -2.47. The normalized spacial score (nSPS) is 32.9. The molecule has 0 bridgehead atoms. The van der Waals surface area contributed by atoms with Crippen molar-refractivity contribution in [1.29, 1.82) is 0 Å². The van der Waals surface area contributed by atoms with Crippen LogP contribution in [0.4, 0.5) is 0 Å². The van der Waals surface area contributed by atoms with Gasteiger partial charge < -0.3 is 120 Å². The van der Waals surface area contributed by atoms with Gasteiger partial charge in [0.2, 0.25) is 11.8 Å². The molecule has 0 aromatic carbocycles. The maximum absolute atomic E-state index is 13.7. The van der Waals surface area contributed by atoms with Gasteiger partial charge in [-0.15, -0.1) is 0 Å². The van der Waals surface area contributed by atoms with E-state index in [1.807, 2.05) is 0 Å². The smallest absolute Gasteiger partial charge is 0.249 e. The highest BCUT2D eigenvalue weighted by Crippen LogP contribution is 2.33. The maximum Gasteiger partial charge on any atom is 0.249 e. The molecule has 0 spiro atoms. The molecule has 2 amide bonds. The average Bonchev–Trinajstić information content (AvgIpc) is 1.30. The second-order valence-corrected chi connectivity index (χ2v) is 26.1. The number of aliphatic hydroxyl groups excluding tert-OH is 14. The molecule has 4 heterocycles. The predicted molar refractivity (Wildman–Crippen MR) is 332 cm³/mol. The molecule has 0 aliphatic carbocycles. The van der Waals surface area contributed by atoms with E-state index < -0.39 is 185 Å². The van der Waals surface area contributed by atoms with E-state index in [0.717, 1.165) is 64.7 Å². The van der Waals surface area contributed by atoms with Gasteiger partial charge in [0.05, 0.1) is 44.7 Å². The van der Waals surface area contributed by atoms with Crippen LogP contribution in [0.15, 0.2) is 0 Å². The Labute approximate surface area is 540 Å². The fourth-order valence-corrected chi connectivity index (χ4v) is 12.4. The lowest BCUT2D eigenvalue weighted by Crippen LogP contribution is -2.66. The first-order valence-corrected chi connectivity index (χ1v) is 34.8. The minimum Gasteiger partial charge on any atom is -0.394 e. The molecule has 91 heavy (non-hydrogen) atoms. The Hall–Kier alpha value is -1.94. The zero-order chi connectivity index (χ0) is 66.8. The summed E-state index contributed by atoms with van der Waals surface area (Å²) in [7, 11) is 0. The van der Waals surface area contributed by atoms with Crippen molar-refractivity contribution in [3.63, 3.8) is 0 Å². The van der Waals surface area contributed by atoms with Crippen LogP contribution in [-0.4, -0.2) is 257 Å². The summed E-state index contributed by atoms with van der Waals surface area (Å²) in [5.74, 6) is -1.53. The summed E-state index contributed by atoms with van der Waals surface area (Å²) in [5, 5.41) is 159. The number of rotatable bonds is 49. The van der Waals surface area contributed by atoms with Crippen LogP contribution in [0.2, 0.25) is 0 Å². The molecule has 536 valence electrons. The van der Waals surface area contributed by atoms with Crippen molar-refractivity contribution in [2.24, 2.45) is 0 Å². The summed E-state index contributed by atoms with van der Waals surface area (Å²) in [6.07, 6.45) is -3.99. The van der Waals surface area contributed by atoms with Crippen LogP contribution in [0.25, 0.3) is 0 Å². The van der Waals surface area contributed by atoms with E-state index in [1.165, 1.54) is 122 Å². The zero-order valence-corrected chi connectivity index (χ0v) is 54.9. The Morgan fingerprint density at radius 2 is 0.868 bits per heavy atom. The van der Waals surface area contributed by atoms with Crippen LogP contribution in [0.5, 0.6) is 0 Å². The van der Waals surface area contributed by atoms with Gasteiger partial charge in [-0.1, -0.05) is 200 Å². The van der Waals surface area contributed by atoms with E-state index in [2.05, 4.69) is 24.5 Å². The number of aliphatic hydroxyl groups is 14. The Bertz CT molecular complexity index is 1890. The Morgan fingerprint density at radius 1 is 0.451 bits per heavy atom. The van der Waals surface area contributed by atoms with Crippen LogP contribution in [0.1, 0.15) is 227 Å². The number of amides is 2. The summed E-state index contributed by atoms with van der Waals surface area (Å²) >= 11 is 0. The highest BCUT2D eigenvalue weighted by atomic mass is 16.8. The Morgan fingerprint density at radius 3 is 1.33 bits per heavy atom. The van der Waals surface area contributed by atoms with Gasteiger partial charge in [0, 0.05) is 6.92 Å². The van der Waals surface area contributed by atoms with Crippen molar-refractivity contribution < 1.29 is 119 Å². The largest absolute Gasteiger partial charge is 0.394 e. The molecule has 24 atom stereocenters. The highest BCUT2D eigenvalue weighted by molar-refractivity contribution is 5.80. The first kappa shape index (κ1) is 81.5. The molecule has 4 fully saturated rings. The minimum absolute atomic E-state index is 0.126. The molecule has 4 aliphatic rings. The minimum atomic E-state index is -2.09. The average molecular weight is 1320 g/mol. The summed E-state index contributed by atoms with van der Waals surface area (Å²) in [5.41, 5.74) is 0. The summed E-state index contributed by atoms with van der Waals surface area (Å²) in [6, 6.07) is -2.91. The molecule has 26 heteroatoms. The molecular weight excluding hydrogens is 1190 g/mol. The SMILES string of the molecule is CCCCCCCCCCCCCCCCCCC(O)C(=O)NC(COC1OC(CO)C(O)C(O)C1OC1OC(COC2OC(COC3OC(C(C)O)C(O)C3O)C(O)C(O)C2NC(C)=O)C(O)C(O)C1O)C(O)C(O)CCCCCCCCCCCCCCC. The molecule has 0 radical (unpaired) electrons. The van der Waals surface area contributed by atoms with E-state index >= 15 is 0 Å². The number of hydrogen-bond donors (Lipinski definition) is 16. The van der Waals surface area contributed by atoms with Crippen LogP contribution < -0.4 is 10.6 Å². The van der Waals surface area contributed by atoms with Gasteiger partial charge in [-0.3, -0.25) is 9.59 Å². The first-order chi connectivity index (χ1) is 43.7. The molecule has 4 aliphatic heterocycles. The van der Waals surface area contributed by atoms with Crippen LogP contribution >= 0.6 is 0 Å². The van der Waals surface area contributed by atoms with E-state index in [0.29, 0.717) is 12.8 Å². The fourth-order valence-electron chi connectivity index (χ4n) is 12.4. The van der Waals surface area contributed by atoms with Crippen LogP contribution in [0.3, 0.4) is 0 Å². The monoisotopic (exact) mass is 1310 g/mol. The van der Waals surface area contributed by atoms with Gasteiger partial charge in [0.25, 0.3) is 0 Å². The molecule has 0 aromatic heterocycles. The second kappa shape index (κ2) is 45.5. The summed E-state index contributed by atoms with van der Waals surface area (Å²) in [4.78, 5) is 26.0. The Kier molecular flexibility index (Phi) is 40.8. The molecular formula is C65H122N2O24. The van der Waals surface area contributed by atoms with E-state index in [4.69, 9.17) is 37.9 Å². The molecule has 26 nitrogen and oxygen atoms in total. The highest BCUT2D eigenvalue weighted by Gasteiger charge is 2.53. The summed E-state index contributed by atoms with van der Waals surface area (Å²) < 4.78 is 46.7.